The molecule has 0 aliphatic heterocycles. The second-order valence-corrected chi connectivity index (χ2v) is 6.11. The molecule has 1 aromatic rings. The number of hydrogen-bond donors (Lipinski definition) is 0. The van der Waals surface area contributed by atoms with Crippen molar-refractivity contribution in [2.45, 2.75) is 43.8 Å². The van der Waals surface area contributed by atoms with Crippen molar-refractivity contribution in [3.63, 3.8) is 0 Å². The van der Waals surface area contributed by atoms with E-state index in [1.54, 1.807) is 11.9 Å². The molecule has 0 atom stereocenters. The van der Waals surface area contributed by atoms with Crippen LogP contribution in [0.25, 0.3) is 0 Å². The molecule has 106 valence electrons. The van der Waals surface area contributed by atoms with Gasteiger partial charge in [0.25, 0.3) is 0 Å². The number of carbonyl (C=O) groups is 1. The van der Waals surface area contributed by atoms with E-state index >= 15 is 0 Å². The second kappa shape index (κ2) is 5.80. The van der Waals surface area contributed by atoms with Crippen molar-refractivity contribution in [1.82, 2.24) is 14.9 Å². The number of aryl methyl sites for hydroxylation is 2. The van der Waals surface area contributed by atoms with Gasteiger partial charge in [-0.15, -0.1) is 0 Å². The fourth-order valence-corrected chi connectivity index (χ4v) is 3.12. The fourth-order valence-electron chi connectivity index (χ4n) is 2.25. The smallest absolute Gasteiger partial charge is 0.234 e. The van der Waals surface area contributed by atoms with E-state index in [4.69, 9.17) is 0 Å². The minimum absolute atomic E-state index is 0.0426. The average Bonchev–Trinajstić information content (AvgIpc) is 2.34. The number of amides is 1. The molecule has 0 unspecified atom stereocenters. The first-order chi connectivity index (χ1) is 9.47. The van der Waals surface area contributed by atoms with Crippen LogP contribution >= 0.6 is 11.8 Å². The lowest BCUT2D eigenvalue weighted by Gasteiger charge is -2.42. The molecule has 0 bridgehead atoms. The highest BCUT2D eigenvalue weighted by Crippen LogP contribution is 2.36. The lowest BCUT2D eigenvalue weighted by atomic mass is 9.77. The molecule has 6 heteroatoms. The summed E-state index contributed by atoms with van der Waals surface area (Å²) in [4.78, 5) is 22.4. The molecule has 0 radical (unpaired) electrons. The number of aromatic nitrogens is 2. The van der Waals surface area contributed by atoms with Gasteiger partial charge in [-0.25, -0.2) is 9.97 Å². The predicted octanol–water partition coefficient (Wildman–Crippen LogP) is 2.09. The monoisotopic (exact) mass is 290 g/mol. The zero-order valence-electron chi connectivity index (χ0n) is 12.0. The maximum absolute atomic E-state index is 12.2. The maximum atomic E-state index is 12.2. The van der Waals surface area contributed by atoms with Gasteiger partial charge >= 0.3 is 0 Å². The number of hydrogen-bond acceptors (Lipinski definition) is 5. The van der Waals surface area contributed by atoms with E-state index in [9.17, 15) is 10.1 Å². The zero-order chi connectivity index (χ0) is 14.8. The molecule has 1 aliphatic rings. The highest BCUT2D eigenvalue weighted by Gasteiger charge is 2.43. The highest BCUT2D eigenvalue weighted by molar-refractivity contribution is 7.99. The van der Waals surface area contributed by atoms with Gasteiger partial charge in [-0.3, -0.25) is 4.79 Å². The number of nitriles is 1. The lowest BCUT2D eigenvalue weighted by molar-refractivity contribution is -0.133. The summed E-state index contributed by atoms with van der Waals surface area (Å²) in [6.07, 6.45) is 2.56. The van der Waals surface area contributed by atoms with Crippen molar-refractivity contribution in [2.75, 3.05) is 12.8 Å². The van der Waals surface area contributed by atoms with E-state index in [1.807, 2.05) is 19.9 Å². The summed E-state index contributed by atoms with van der Waals surface area (Å²) in [5.74, 6) is 0.224. The van der Waals surface area contributed by atoms with Crippen molar-refractivity contribution >= 4 is 17.7 Å². The van der Waals surface area contributed by atoms with E-state index in [0.717, 1.165) is 30.7 Å². The van der Waals surface area contributed by atoms with Gasteiger partial charge in [-0.2, -0.15) is 5.26 Å². The molecule has 1 amide bonds. The summed E-state index contributed by atoms with van der Waals surface area (Å²) >= 11 is 1.32. The van der Waals surface area contributed by atoms with Gasteiger partial charge in [0.1, 0.15) is 5.54 Å². The van der Waals surface area contributed by atoms with E-state index in [-0.39, 0.29) is 11.7 Å². The molecular formula is C14H18N4OS. The molecule has 0 saturated heterocycles. The molecule has 0 spiro atoms. The van der Waals surface area contributed by atoms with Crippen LogP contribution in [0.5, 0.6) is 0 Å². The Labute approximate surface area is 123 Å². The molecule has 1 aliphatic carbocycles. The summed E-state index contributed by atoms with van der Waals surface area (Å²) < 4.78 is 0. The molecule has 0 N–H and O–H groups in total. The van der Waals surface area contributed by atoms with Gasteiger partial charge < -0.3 is 4.90 Å². The third-order valence-electron chi connectivity index (χ3n) is 3.69. The summed E-state index contributed by atoms with van der Waals surface area (Å²) in [6.45, 7) is 3.82. The van der Waals surface area contributed by atoms with Gasteiger partial charge in [0, 0.05) is 18.4 Å². The Morgan fingerprint density at radius 3 is 2.50 bits per heavy atom. The second-order valence-electron chi connectivity index (χ2n) is 5.17. The van der Waals surface area contributed by atoms with Crippen LogP contribution in [0.2, 0.25) is 0 Å². The normalized spacial score (nSPS) is 16.1. The Morgan fingerprint density at radius 1 is 1.45 bits per heavy atom. The Morgan fingerprint density at radius 2 is 2.05 bits per heavy atom. The van der Waals surface area contributed by atoms with Gasteiger partial charge in [-0.05, 0) is 39.2 Å². The molecular weight excluding hydrogens is 272 g/mol. The first-order valence-electron chi connectivity index (χ1n) is 6.60. The van der Waals surface area contributed by atoms with Crippen LogP contribution in [0.4, 0.5) is 0 Å². The van der Waals surface area contributed by atoms with Crippen molar-refractivity contribution in [1.29, 1.82) is 5.26 Å². The summed E-state index contributed by atoms with van der Waals surface area (Å²) in [5, 5.41) is 9.85. The van der Waals surface area contributed by atoms with Gasteiger partial charge in [0.05, 0.1) is 11.8 Å². The van der Waals surface area contributed by atoms with Crippen LogP contribution in [-0.2, 0) is 4.79 Å². The molecule has 20 heavy (non-hydrogen) atoms. The highest BCUT2D eigenvalue weighted by atomic mass is 32.2. The molecule has 1 aromatic heterocycles. The minimum Gasteiger partial charge on any atom is -0.326 e. The first-order valence-corrected chi connectivity index (χ1v) is 7.58. The topological polar surface area (TPSA) is 69.9 Å². The molecule has 1 saturated carbocycles. The number of thioether (sulfide) groups is 1. The third-order valence-corrected chi connectivity index (χ3v) is 4.52. The van der Waals surface area contributed by atoms with Gasteiger partial charge in [0.2, 0.25) is 5.91 Å². The standard InChI is InChI=1S/C14H18N4OS/c1-10-7-11(2)17-13(16-10)20-8-12(19)18(3)14(9-15)5-4-6-14/h7H,4-6,8H2,1-3H3. The number of rotatable bonds is 4. The Kier molecular flexibility index (Phi) is 4.29. The minimum atomic E-state index is -0.582. The van der Waals surface area contributed by atoms with Crippen LogP contribution in [0.1, 0.15) is 30.7 Å². The largest absolute Gasteiger partial charge is 0.326 e. The average molecular weight is 290 g/mol. The lowest BCUT2D eigenvalue weighted by Crippen LogP contribution is -2.53. The molecule has 0 aromatic carbocycles. The van der Waals surface area contributed by atoms with Crippen LogP contribution < -0.4 is 0 Å². The maximum Gasteiger partial charge on any atom is 0.234 e. The van der Waals surface area contributed by atoms with Gasteiger partial charge in [0.15, 0.2) is 5.16 Å². The SMILES string of the molecule is Cc1cc(C)nc(SCC(=O)N(C)C2(C#N)CCC2)n1. The van der Waals surface area contributed by atoms with Crippen molar-refractivity contribution < 1.29 is 4.79 Å². The number of nitrogens with zero attached hydrogens (tertiary/aromatic N) is 4. The predicted molar refractivity (Wildman–Crippen MR) is 77.2 cm³/mol. The Balaban J connectivity index is 1.97. The van der Waals surface area contributed by atoms with E-state index in [0.29, 0.717) is 5.16 Å². The van der Waals surface area contributed by atoms with Gasteiger partial charge in [-0.1, -0.05) is 11.8 Å². The Bertz CT molecular complexity index is 543. The van der Waals surface area contributed by atoms with Crippen LogP contribution in [0.15, 0.2) is 11.2 Å². The first kappa shape index (κ1) is 14.8. The molecule has 1 fully saturated rings. The van der Waals surface area contributed by atoms with Crippen LogP contribution in [0.3, 0.4) is 0 Å². The molecule has 5 nitrogen and oxygen atoms in total. The summed E-state index contributed by atoms with van der Waals surface area (Å²) in [6, 6.07) is 4.18. The number of carbonyl (C=O) groups excluding carboxylic acids is 1. The summed E-state index contributed by atoms with van der Waals surface area (Å²) in [5.41, 5.74) is 1.21. The zero-order valence-corrected chi connectivity index (χ0v) is 12.8. The van der Waals surface area contributed by atoms with E-state index in [2.05, 4.69) is 16.0 Å². The quantitative estimate of drug-likeness (QED) is 0.627. The third kappa shape index (κ3) is 2.93. The summed E-state index contributed by atoms with van der Waals surface area (Å²) in [7, 11) is 1.72. The van der Waals surface area contributed by atoms with Crippen LogP contribution in [0, 0.1) is 25.2 Å². The van der Waals surface area contributed by atoms with E-state index in [1.165, 1.54) is 11.8 Å². The Hall–Kier alpha value is -1.61. The fraction of sp³-hybridized carbons (Fsp3) is 0.571. The van der Waals surface area contributed by atoms with Crippen molar-refractivity contribution in [2.24, 2.45) is 0 Å². The molecule has 1 heterocycles. The molecule has 2 rings (SSSR count). The van der Waals surface area contributed by atoms with E-state index < -0.39 is 5.54 Å². The van der Waals surface area contributed by atoms with Crippen LogP contribution in [-0.4, -0.2) is 39.1 Å². The van der Waals surface area contributed by atoms with Crippen molar-refractivity contribution in [3.05, 3.63) is 17.5 Å². The van der Waals surface area contributed by atoms with Crippen molar-refractivity contribution in [3.8, 4) is 6.07 Å².